The second-order valence-corrected chi connectivity index (χ2v) is 5.46. The second kappa shape index (κ2) is 7.45. The fraction of sp³-hybridized carbons (Fsp3) is 0.263. The summed E-state index contributed by atoms with van der Waals surface area (Å²) in [4.78, 5) is 7.76. The first-order chi connectivity index (χ1) is 16.2. The lowest BCUT2D eigenvalue weighted by Gasteiger charge is -2.16. The third-order valence-electron chi connectivity index (χ3n) is 3.87. The minimum absolute atomic E-state index is 0.0247. The van der Waals surface area contributed by atoms with E-state index in [1.165, 1.54) is 26.4 Å². The summed E-state index contributed by atoms with van der Waals surface area (Å²) in [7, 11) is -0.140. The quantitative estimate of drug-likeness (QED) is 0.600. The Kier molecular flexibility index (Phi) is 2.94. The van der Waals surface area contributed by atoms with Gasteiger partial charge in [-0.3, -0.25) is 0 Å². The van der Waals surface area contributed by atoms with Crippen LogP contribution in [0.5, 0.6) is 17.2 Å². The van der Waals surface area contributed by atoms with Crippen molar-refractivity contribution in [3.8, 4) is 17.2 Å². The fourth-order valence-electron chi connectivity index (χ4n) is 2.59. The van der Waals surface area contributed by atoms with E-state index < -0.39 is 13.9 Å². The molecule has 0 saturated carbocycles. The zero-order valence-electron chi connectivity index (χ0n) is 22.6. The molecule has 142 valence electrons. The summed E-state index contributed by atoms with van der Waals surface area (Å²) in [6, 6.07) is 2.10. The van der Waals surface area contributed by atoms with E-state index in [0.29, 0.717) is 5.69 Å². The molecule has 1 heterocycles. The number of benzene rings is 2. The summed E-state index contributed by atoms with van der Waals surface area (Å²) < 4.78 is 78.4. The molecule has 3 aromatic rings. The maximum atomic E-state index is 8.44. The van der Waals surface area contributed by atoms with Crippen LogP contribution >= 0.6 is 0 Å². The van der Waals surface area contributed by atoms with Crippen LogP contribution in [-0.4, -0.2) is 31.2 Å². The van der Waals surface area contributed by atoms with Crippen LogP contribution in [0.2, 0.25) is 0 Å². The van der Waals surface area contributed by atoms with E-state index in [4.69, 9.17) is 36.6 Å². The van der Waals surface area contributed by atoms with E-state index >= 15 is 0 Å². The van der Waals surface area contributed by atoms with Crippen molar-refractivity contribution in [2.24, 2.45) is 0 Å². The number of aromatic nitrogens is 2. The molecule has 1 aromatic heterocycles. The zero-order valence-corrected chi connectivity index (χ0v) is 14.6. The molecule has 0 saturated heterocycles. The minimum Gasteiger partial charge on any atom is -0.493 e. The first-order valence-electron chi connectivity index (χ1n) is 11.7. The highest BCUT2D eigenvalue weighted by molar-refractivity contribution is 5.92. The van der Waals surface area contributed by atoms with E-state index in [0.717, 1.165) is 0 Å². The third kappa shape index (κ3) is 3.46. The molecule has 8 heteroatoms. The van der Waals surface area contributed by atoms with E-state index in [1.54, 1.807) is 0 Å². The predicted molar refractivity (Wildman–Crippen MR) is 107 cm³/mol. The lowest BCUT2D eigenvalue weighted by molar-refractivity contribution is 0.324. The topological polar surface area (TPSA) is 118 Å². The molecule has 2 aromatic carbocycles. The molecule has 0 spiro atoms. The molecular weight excluding hydrogens is 346 g/mol. The Hall–Kier alpha value is -3.42. The van der Waals surface area contributed by atoms with Gasteiger partial charge in [0.25, 0.3) is 0 Å². The monoisotopic (exact) mass is 377 g/mol. The summed E-state index contributed by atoms with van der Waals surface area (Å²) in [5, 5.41) is 2.89. The Morgan fingerprint density at radius 1 is 1.11 bits per heavy atom. The number of rotatable bonds is 6. The molecule has 0 aliphatic rings. The van der Waals surface area contributed by atoms with Gasteiger partial charge in [0.15, 0.2) is 11.5 Å². The van der Waals surface area contributed by atoms with Crippen LogP contribution in [0.3, 0.4) is 0 Å². The zero-order chi connectivity index (χ0) is 26.3. The van der Waals surface area contributed by atoms with Gasteiger partial charge < -0.3 is 31.0 Å². The van der Waals surface area contributed by atoms with Crippen molar-refractivity contribution >= 4 is 28.4 Å². The van der Waals surface area contributed by atoms with Crippen molar-refractivity contribution in [1.29, 1.82) is 0 Å². The summed E-state index contributed by atoms with van der Waals surface area (Å²) in [6.45, 7) is -2.94. The van der Waals surface area contributed by atoms with Gasteiger partial charge in [0.2, 0.25) is 11.7 Å². The number of methoxy groups -OCH3 is 3. The molecule has 0 aliphatic carbocycles. The highest BCUT2D eigenvalue weighted by Gasteiger charge is 2.14. The molecule has 0 amide bonds. The van der Waals surface area contributed by atoms with Gasteiger partial charge in [-0.1, -0.05) is 6.04 Å². The maximum Gasteiger partial charge on any atom is 0.222 e. The Balaban J connectivity index is 2.14. The number of ether oxygens (including phenoxy) is 3. The maximum absolute atomic E-state index is 8.44. The molecule has 0 bridgehead atoms. The smallest absolute Gasteiger partial charge is 0.222 e. The van der Waals surface area contributed by atoms with Crippen molar-refractivity contribution in [2.75, 3.05) is 38.0 Å². The normalized spacial score (nSPS) is 15.9. The van der Waals surface area contributed by atoms with Crippen LogP contribution < -0.4 is 31.0 Å². The van der Waals surface area contributed by atoms with Gasteiger partial charge in [-0.2, -0.15) is 4.98 Å². The van der Waals surface area contributed by atoms with Crippen LogP contribution in [0.4, 0.5) is 17.5 Å². The Labute approximate surface area is 168 Å². The van der Waals surface area contributed by atoms with Crippen LogP contribution in [0.25, 0.3) is 10.9 Å². The standard InChI is InChI=1S/C19H23N5O3/c1-10-11(5-6-13-16(10)18(20)24-19(21)23-13)9-22-12-7-14(25-2)17(27-4)15(8-12)26-3/h5-8,22H,9H2,1-4H3,(H4,20,21,23,24)/i1D3,4D3,5D,6D. The number of nitrogens with two attached hydrogens (primary N) is 2. The number of hydrogen-bond acceptors (Lipinski definition) is 8. The molecule has 0 radical (unpaired) electrons. The van der Waals surface area contributed by atoms with E-state index in [-0.39, 0.29) is 69.7 Å². The molecule has 0 unspecified atom stereocenters. The molecule has 0 fully saturated rings. The van der Waals surface area contributed by atoms with Gasteiger partial charge >= 0.3 is 0 Å². The predicted octanol–water partition coefficient (Wildman–Crippen LogP) is 2.74. The summed E-state index contributed by atoms with van der Waals surface area (Å²) in [5.41, 5.74) is 11.5. The summed E-state index contributed by atoms with van der Waals surface area (Å²) in [5.74, 6) is -0.533. The number of nitrogen functional groups attached to an aromatic ring is 2. The number of fused-ring (bicyclic) bond motifs is 1. The van der Waals surface area contributed by atoms with Gasteiger partial charge in [0, 0.05) is 33.9 Å². The summed E-state index contributed by atoms with van der Waals surface area (Å²) in [6.07, 6.45) is 0. The second-order valence-electron chi connectivity index (χ2n) is 5.46. The minimum atomic E-state index is -2.76. The number of nitrogens with one attached hydrogen (secondary N) is 1. The van der Waals surface area contributed by atoms with E-state index in [1.807, 2.05) is 0 Å². The van der Waals surface area contributed by atoms with Crippen molar-refractivity contribution in [3.63, 3.8) is 0 Å². The molecule has 3 rings (SSSR count). The van der Waals surface area contributed by atoms with Crippen molar-refractivity contribution in [2.45, 2.75) is 13.4 Å². The Bertz CT molecular complexity index is 1260. The van der Waals surface area contributed by atoms with Crippen LogP contribution in [0.15, 0.2) is 24.2 Å². The number of anilines is 3. The number of nitrogens with zero attached hydrogens (tertiary/aromatic N) is 2. The largest absolute Gasteiger partial charge is 0.493 e. The van der Waals surface area contributed by atoms with Gasteiger partial charge in [-0.05, 0) is 24.0 Å². The number of aryl methyl sites for hydroxylation is 1. The molecule has 27 heavy (non-hydrogen) atoms. The molecular formula is C19H23N5O3. The van der Waals surface area contributed by atoms with Crippen molar-refractivity contribution < 1.29 is 25.2 Å². The summed E-state index contributed by atoms with van der Waals surface area (Å²) >= 11 is 0. The highest BCUT2D eigenvalue weighted by Crippen LogP contribution is 2.40. The first-order valence-corrected chi connectivity index (χ1v) is 7.72. The van der Waals surface area contributed by atoms with Gasteiger partial charge in [0.05, 0.1) is 33.6 Å². The Morgan fingerprint density at radius 2 is 1.85 bits per heavy atom. The van der Waals surface area contributed by atoms with Gasteiger partial charge in [0.1, 0.15) is 5.82 Å². The van der Waals surface area contributed by atoms with Gasteiger partial charge in [-0.25, -0.2) is 4.98 Å². The Morgan fingerprint density at radius 3 is 2.48 bits per heavy atom. The third-order valence-corrected chi connectivity index (χ3v) is 3.87. The van der Waals surface area contributed by atoms with Crippen LogP contribution in [-0.2, 0) is 6.54 Å². The SMILES string of the molecule is [2H]c1c(CNc2cc(OC)c(OC([2H])([2H])[2H])c(OC)c2)c(C([2H])([2H])[2H])c2c(N)nc(N)nc2c1[2H]. The molecule has 0 aliphatic heterocycles. The van der Waals surface area contributed by atoms with Crippen molar-refractivity contribution in [3.05, 3.63) is 35.3 Å². The average Bonchev–Trinajstić information content (AvgIpc) is 2.74. The lowest BCUT2D eigenvalue weighted by Crippen LogP contribution is -2.06. The first kappa shape index (κ1) is 10.7. The molecule has 0 atom stereocenters. The molecule has 5 N–H and O–H groups in total. The lowest BCUT2D eigenvalue weighted by atomic mass is 10.0. The van der Waals surface area contributed by atoms with E-state index in [2.05, 4.69) is 15.3 Å². The average molecular weight is 377 g/mol. The van der Waals surface area contributed by atoms with Crippen molar-refractivity contribution in [1.82, 2.24) is 9.97 Å². The van der Waals surface area contributed by atoms with Crippen LogP contribution in [0, 0.1) is 6.85 Å². The highest BCUT2D eigenvalue weighted by atomic mass is 16.5. The van der Waals surface area contributed by atoms with E-state index in [9.17, 15) is 0 Å². The number of hydrogen-bond donors (Lipinski definition) is 3. The van der Waals surface area contributed by atoms with Gasteiger partial charge in [-0.15, -0.1) is 0 Å². The van der Waals surface area contributed by atoms with Crippen LogP contribution in [0.1, 0.15) is 22.1 Å². The molecule has 8 nitrogen and oxygen atoms in total. The fourth-order valence-corrected chi connectivity index (χ4v) is 2.59.